The molecule has 1 aliphatic heterocycles. The molecule has 0 unspecified atom stereocenters. The van der Waals surface area contributed by atoms with Crippen LogP contribution in [0.2, 0.25) is 10.0 Å². The van der Waals surface area contributed by atoms with Crippen molar-refractivity contribution < 1.29 is 22.7 Å². The zero-order chi connectivity index (χ0) is 25.3. The van der Waals surface area contributed by atoms with E-state index in [-0.39, 0.29) is 23.5 Å². The zero-order valence-corrected chi connectivity index (χ0v) is 20.0. The highest BCUT2D eigenvalue weighted by molar-refractivity contribution is 6.42. The van der Waals surface area contributed by atoms with Crippen molar-refractivity contribution in [3.8, 4) is 5.88 Å². The van der Waals surface area contributed by atoms with Crippen LogP contribution >= 0.6 is 23.2 Å². The van der Waals surface area contributed by atoms with E-state index in [9.17, 15) is 18.0 Å². The Balaban J connectivity index is 1.59. The van der Waals surface area contributed by atoms with Gasteiger partial charge in [0.2, 0.25) is 5.88 Å². The van der Waals surface area contributed by atoms with E-state index in [0.717, 1.165) is 23.9 Å². The number of halogens is 5. The summed E-state index contributed by atoms with van der Waals surface area (Å²) in [5, 5.41) is 0.789. The summed E-state index contributed by atoms with van der Waals surface area (Å²) in [7, 11) is 0. The number of amides is 1. The van der Waals surface area contributed by atoms with Crippen LogP contribution < -0.4 is 10.5 Å². The third kappa shape index (κ3) is 5.62. The van der Waals surface area contributed by atoms with Crippen LogP contribution in [0.1, 0.15) is 34.5 Å². The lowest BCUT2D eigenvalue weighted by atomic mass is 9.86. The Morgan fingerprint density at radius 3 is 2.46 bits per heavy atom. The Kier molecular flexibility index (Phi) is 7.10. The fourth-order valence-corrected chi connectivity index (χ4v) is 4.48. The van der Waals surface area contributed by atoms with Gasteiger partial charge in [0.1, 0.15) is 11.8 Å². The molecule has 0 saturated carbocycles. The molecule has 0 radical (unpaired) electrons. The number of hydrogen-bond acceptors (Lipinski definition) is 5. The normalized spacial score (nSPS) is 19.0. The monoisotopic (exact) mass is 524 g/mol. The van der Waals surface area contributed by atoms with E-state index < -0.39 is 17.8 Å². The molecular formula is C24H21Cl2F3N4O2. The van der Waals surface area contributed by atoms with E-state index in [1.807, 2.05) is 13.0 Å². The van der Waals surface area contributed by atoms with Gasteiger partial charge in [-0.1, -0.05) is 29.3 Å². The van der Waals surface area contributed by atoms with E-state index in [1.165, 1.54) is 6.20 Å². The van der Waals surface area contributed by atoms with Crippen molar-refractivity contribution in [2.75, 3.05) is 18.8 Å². The third-order valence-electron chi connectivity index (χ3n) is 5.99. The Bertz CT molecular complexity index is 1210. The highest BCUT2D eigenvalue weighted by Crippen LogP contribution is 2.39. The number of nitrogens with zero attached hydrogens (tertiary/aromatic N) is 3. The predicted molar refractivity (Wildman–Crippen MR) is 127 cm³/mol. The van der Waals surface area contributed by atoms with Crippen LogP contribution in [0.15, 0.2) is 54.9 Å². The molecule has 3 atom stereocenters. The molecule has 35 heavy (non-hydrogen) atoms. The van der Waals surface area contributed by atoms with Crippen molar-refractivity contribution in [2.45, 2.75) is 25.1 Å². The van der Waals surface area contributed by atoms with Crippen LogP contribution in [0, 0.1) is 5.92 Å². The molecule has 2 N–H and O–H groups in total. The number of carbonyl (C=O) groups excluding carboxylic acids is 1. The third-order valence-corrected chi connectivity index (χ3v) is 6.73. The second kappa shape index (κ2) is 9.91. The van der Waals surface area contributed by atoms with E-state index in [4.69, 9.17) is 33.7 Å². The predicted octanol–water partition coefficient (Wildman–Crippen LogP) is 5.71. The Morgan fingerprint density at radius 1 is 1.09 bits per heavy atom. The van der Waals surface area contributed by atoms with Crippen LogP contribution in [0.4, 0.5) is 18.9 Å². The second-order valence-corrected chi connectivity index (χ2v) is 9.15. The van der Waals surface area contributed by atoms with Crippen molar-refractivity contribution in [1.29, 1.82) is 0 Å². The number of rotatable bonds is 5. The molecule has 1 aromatic carbocycles. The summed E-state index contributed by atoms with van der Waals surface area (Å²) in [6.45, 7) is 2.49. The lowest BCUT2D eigenvalue weighted by molar-refractivity contribution is -0.141. The van der Waals surface area contributed by atoms with Crippen molar-refractivity contribution in [1.82, 2.24) is 14.9 Å². The molecule has 184 valence electrons. The van der Waals surface area contributed by atoms with Crippen molar-refractivity contribution >= 4 is 34.8 Å². The van der Waals surface area contributed by atoms with Gasteiger partial charge >= 0.3 is 6.18 Å². The van der Waals surface area contributed by atoms with Gasteiger partial charge in [-0.2, -0.15) is 13.2 Å². The lowest BCUT2D eigenvalue weighted by Crippen LogP contribution is -2.32. The molecule has 1 amide bonds. The minimum atomic E-state index is -4.58. The summed E-state index contributed by atoms with van der Waals surface area (Å²) in [5.41, 5.74) is 6.07. The number of hydrogen-bond donors (Lipinski definition) is 1. The maximum atomic E-state index is 13.2. The van der Waals surface area contributed by atoms with E-state index >= 15 is 0 Å². The SMILES string of the molecule is C[C@H](Oc1ccc(N)cn1)[C@H]1CN(C(=O)c2ccc(C(F)(F)F)nc2)C[C@@H]1c1ccc(Cl)c(Cl)c1. The minimum absolute atomic E-state index is 0.0697. The minimum Gasteiger partial charge on any atom is -0.474 e. The topological polar surface area (TPSA) is 81.3 Å². The average molecular weight is 525 g/mol. The summed E-state index contributed by atoms with van der Waals surface area (Å²) in [4.78, 5) is 22.3. The van der Waals surface area contributed by atoms with Gasteiger partial charge in [0.15, 0.2) is 0 Å². The summed E-state index contributed by atoms with van der Waals surface area (Å²) in [6.07, 6.45) is -2.51. The van der Waals surface area contributed by atoms with Gasteiger partial charge in [-0.15, -0.1) is 0 Å². The molecule has 3 heterocycles. The molecule has 1 saturated heterocycles. The number of likely N-dealkylation sites (tertiary alicyclic amines) is 1. The zero-order valence-electron chi connectivity index (χ0n) is 18.5. The highest BCUT2D eigenvalue weighted by atomic mass is 35.5. The number of nitrogens with two attached hydrogens (primary N) is 1. The summed E-state index contributed by atoms with van der Waals surface area (Å²) < 4.78 is 44.6. The first-order valence-corrected chi connectivity index (χ1v) is 11.4. The number of aromatic nitrogens is 2. The first kappa shape index (κ1) is 25.1. The number of anilines is 1. The molecule has 0 spiro atoms. The molecular weight excluding hydrogens is 504 g/mol. The van der Waals surface area contributed by atoms with Gasteiger partial charge in [-0.25, -0.2) is 4.98 Å². The average Bonchev–Trinajstić information content (AvgIpc) is 3.27. The lowest BCUT2D eigenvalue weighted by Gasteiger charge is -2.25. The molecule has 2 aromatic heterocycles. The molecule has 1 aliphatic rings. The summed E-state index contributed by atoms with van der Waals surface area (Å²) in [5.74, 6) is -0.370. The van der Waals surface area contributed by atoms with Crippen molar-refractivity contribution in [3.05, 3.63) is 81.7 Å². The van der Waals surface area contributed by atoms with E-state index in [1.54, 1.807) is 29.2 Å². The molecule has 11 heteroatoms. The van der Waals surface area contributed by atoms with Crippen LogP contribution in [0.5, 0.6) is 5.88 Å². The van der Waals surface area contributed by atoms with E-state index in [2.05, 4.69) is 9.97 Å². The summed E-state index contributed by atoms with van der Waals surface area (Å²) in [6, 6.07) is 10.6. The molecule has 4 rings (SSSR count). The Morgan fingerprint density at radius 2 is 1.86 bits per heavy atom. The van der Waals surface area contributed by atoms with Crippen LogP contribution in [-0.2, 0) is 6.18 Å². The number of alkyl halides is 3. The van der Waals surface area contributed by atoms with Gasteiger partial charge in [0, 0.05) is 37.2 Å². The fraction of sp³-hybridized carbons (Fsp3) is 0.292. The van der Waals surface area contributed by atoms with Crippen molar-refractivity contribution in [2.24, 2.45) is 5.92 Å². The highest BCUT2D eigenvalue weighted by Gasteiger charge is 2.41. The molecule has 0 aliphatic carbocycles. The van der Waals surface area contributed by atoms with Crippen LogP contribution in [0.25, 0.3) is 0 Å². The molecule has 1 fully saturated rings. The summed E-state index contributed by atoms with van der Waals surface area (Å²) >= 11 is 12.3. The number of carbonyl (C=O) groups is 1. The first-order valence-electron chi connectivity index (χ1n) is 10.7. The molecule has 3 aromatic rings. The largest absolute Gasteiger partial charge is 0.474 e. The van der Waals surface area contributed by atoms with Crippen molar-refractivity contribution in [3.63, 3.8) is 0 Å². The quantitative estimate of drug-likeness (QED) is 0.462. The van der Waals surface area contributed by atoms with Gasteiger partial charge in [-0.05, 0) is 42.8 Å². The number of benzene rings is 1. The first-order chi connectivity index (χ1) is 16.5. The second-order valence-electron chi connectivity index (χ2n) is 8.34. The number of ether oxygens (including phenoxy) is 1. The maximum absolute atomic E-state index is 13.2. The molecule has 0 bridgehead atoms. The van der Waals surface area contributed by atoms with Gasteiger partial charge in [-0.3, -0.25) is 9.78 Å². The van der Waals surface area contributed by atoms with Gasteiger partial charge < -0.3 is 15.4 Å². The van der Waals surface area contributed by atoms with Crippen LogP contribution in [0.3, 0.4) is 0 Å². The standard InChI is InChI=1S/C24H21Cl2F3N4O2/c1-13(35-22-7-4-16(30)10-32-22)17-11-33(12-18(17)14-2-5-19(25)20(26)8-14)23(34)15-3-6-21(31-9-15)24(27,28)29/h2-10,13,17-18H,11-12,30H2,1H3/t13-,17+,18+/m0/s1. The smallest absolute Gasteiger partial charge is 0.433 e. The molecule has 6 nitrogen and oxygen atoms in total. The number of pyridine rings is 2. The fourth-order valence-electron chi connectivity index (χ4n) is 4.18. The van der Waals surface area contributed by atoms with Gasteiger partial charge in [0.05, 0.1) is 27.5 Å². The number of nitrogen functional groups attached to an aromatic ring is 1. The maximum Gasteiger partial charge on any atom is 0.433 e. The Labute approximate surface area is 209 Å². The van der Waals surface area contributed by atoms with Gasteiger partial charge in [0.25, 0.3) is 5.91 Å². The van der Waals surface area contributed by atoms with E-state index in [0.29, 0.717) is 34.7 Å². The van der Waals surface area contributed by atoms with Crippen LogP contribution in [-0.4, -0.2) is 40.0 Å². The Hall–Kier alpha value is -3.04.